The van der Waals surface area contributed by atoms with E-state index in [4.69, 9.17) is 0 Å². The molecule has 106 valence electrons. The Balaban J connectivity index is 2.66. The van der Waals surface area contributed by atoms with Gasteiger partial charge < -0.3 is 4.90 Å². The van der Waals surface area contributed by atoms with E-state index in [0.29, 0.717) is 4.90 Å². The molecule has 0 aliphatic carbocycles. The number of nitrogens with zero attached hydrogens (tertiary/aromatic N) is 1. The Morgan fingerprint density at radius 3 is 2.11 bits per heavy atom. The predicted molar refractivity (Wildman–Crippen MR) is 59.7 cm³/mol. The summed E-state index contributed by atoms with van der Waals surface area (Å²) < 4.78 is 59.7. The summed E-state index contributed by atoms with van der Waals surface area (Å²) in [5, 5.41) is 0. The van der Waals surface area contributed by atoms with Crippen molar-refractivity contribution in [2.45, 2.75) is 32.0 Å². The summed E-state index contributed by atoms with van der Waals surface area (Å²) in [6, 6.07) is -1.86. The minimum atomic E-state index is -4.47. The molecule has 1 unspecified atom stereocenters. The molecule has 1 amide bonds. The molecule has 0 saturated carbocycles. The van der Waals surface area contributed by atoms with Gasteiger partial charge in [-0.2, -0.15) is 13.2 Å². The van der Waals surface area contributed by atoms with E-state index in [1.165, 1.54) is 0 Å². The van der Waals surface area contributed by atoms with Crippen LogP contribution in [-0.2, 0) is 14.6 Å². The van der Waals surface area contributed by atoms with Gasteiger partial charge in [0, 0.05) is 13.0 Å². The molecule has 0 bridgehead atoms. The highest BCUT2D eigenvalue weighted by molar-refractivity contribution is 7.91. The number of hydrogen-bond acceptors (Lipinski definition) is 3. The maximum absolute atomic E-state index is 12.5. The summed E-state index contributed by atoms with van der Waals surface area (Å²) in [7, 11) is -2.02. The number of rotatable bonds is 2. The lowest BCUT2D eigenvalue weighted by Crippen LogP contribution is -2.48. The van der Waals surface area contributed by atoms with Crippen LogP contribution in [0.3, 0.4) is 0 Å². The first-order chi connectivity index (χ1) is 8.04. The second-order valence-corrected chi connectivity index (χ2v) is 6.90. The third-order valence-electron chi connectivity index (χ3n) is 3.31. The van der Waals surface area contributed by atoms with E-state index in [1.54, 1.807) is 0 Å². The van der Waals surface area contributed by atoms with E-state index in [2.05, 4.69) is 0 Å². The zero-order chi connectivity index (χ0) is 14.1. The van der Waals surface area contributed by atoms with Crippen molar-refractivity contribution in [1.29, 1.82) is 0 Å². The van der Waals surface area contributed by atoms with Crippen LogP contribution in [0, 0.1) is 5.92 Å². The van der Waals surface area contributed by atoms with Gasteiger partial charge in [-0.25, -0.2) is 8.42 Å². The number of amides is 1. The summed E-state index contributed by atoms with van der Waals surface area (Å²) >= 11 is 0. The number of sulfone groups is 1. The molecule has 0 radical (unpaired) electrons. The van der Waals surface area contributed by atoms with Crippen molar-refractivity contribution < 1.29 is 26.4 Å². The Morgan fingerprint density at radius 1 is 1.28 bits per heavy atom. The molecule has 0 N–H and O–H groups in total. The summed E-state index contributed by atoms with van der Waals surface area (Å²) in [5.41, 5.74) is 0. The highest BCUT2D eigenvalue weighted by Crippen LogP contribution is 2.27. The first-order valence-corrected chi connectivity index (χ1v) is 7.40. The summed E-state index contributed by atoms with van der Waals surface area (Å²) in [5.74, 6) is -1.51. The lowest BCUT2D eigenvalue weighted by Gasteiger charge is -2.31. The minimum absolute atomic E-state index is 0.107. The summed E-state index contributed by atoms with van der Waals surface area (Å²) in [6.45, 7) is 0.914. The third kappa shape index (κ3) is 3.60. The Morgan fingerprint density at radius 2 is 1.72 bits per heavy atom. The van der Waals surface area contributed by atoms with Crippen molar-refractivity contribution >= 4 is 15.7 Å². The van der Waals surface area contributed by atoms with Crippen LogP contribution < -0.4 is 0 Å². The Hall–Kier alpha value is -0.790. The maximum atomic E-state index is 12.5. The molecular weight excluding hydrogens is 271 g/mol. The van der Waals surface area contributed by atoms with E-state index in [-0.39, 0.29) is 24.3 Å². The minimum Gasteiger partial charge on any atom is -0.334 e. The van der Waals surface area contributed by atoms with Gasteiger partial charge in [0.1, 0.15) is 15.9 Å². The van der Waals surface area contributed by atoms with Crippen LogP contribution in [0.25, 0.3) is 0 Å². The van der Waals surface area contributed by atoms with Crippen molar-refractivity contribution in [3.63, 3.8) is 0 Å². The molecule has 1 aliphatic rings. The fourth-order valence-electron chi connectivity index (χ4n) is 1.84. The molecule has 1 heterocycles. The lowest BCUT2D eigenvalue weighted by atomic mass is 10.0. The van der Waals surface area contributed by atoms with Crippen molar-refractivity contribution in [1.82, 2.24) is 4.90 Å². The number of alkyl halides is 3. The average molecular weight is 287 g/mol. The monoisotopic (exact) mass is 287 g/mol. The van der Waals surface area contributed by atoms with Crippen molar-refractivity contribution in [2.24, 2.45) is 5.92 Å². The zero-order valence-corrected chi connectivity index (χ0v) is 11.0. The highest BCUT2D eigenvalue weighted by Gasteiger charge is 2.42. The standard InChI is InChI=1S/C10H16F3NO3S/c1-7(10(11,12)13)14(2)9(15)8-3-5-18(16,17)6-4-8/h7-8H,3-6H2,1-2H3. The van der Waals surface area contributed by atoms with Crippen molar-refractivity contribution in [3.05, 3.63) is 0 Å². The molecule has 0 aromatic carbocycles. The fraction of sp³-hybridized carbons (Fsp3) is 0.900. The number of halogens is 3. The van der Waals surface area contributed by atoms with Gasteiger partial charge in [0.25, 0.3) is 0 Å². The predicted octanol–water partition coefficient (Wildman–Crippen LogP) is 1.22. The summed E-state index contributed by atoms with van der Waals surface area (Å²) in [6.07, 6.45) is -4.25. The Bertz CT molecular complexity index is 405. The van der Waals surface area contributed by atoms with Gasteiger partial charge in [0.15, 0.2) is 0 Å². The molecule has 1 atom stereocenters. The van der Waals surface area contributed by atoms with E-state index in [0.717, 1.165) is 14.0 Å². The Labute approximate surface area is 104 Å². The van der Waals surface area contributed by atoms with Gasteiger partial charge in [-0.05, 0) is 19.8 Å². The normalized spacial score (nSPS) is 22.5. The molecule has 4 nitrogen and oxygen atoms in total. The van der Waals surface area contributed by atoms with E-state index >= 15 is 0 Å². The van der Waals surface area contributed by atoms with Gasteiger partial charge in [0.2, 0.25) is 5.91 Å². The topological polar surface area (TPSA) is 54.5 Å². The smallest absolute Gasteiger partial charge is 0.334 e. The van der Waals surface area contributed by atoms with Gasteiger partial charge in [-0.1, -0.05) is 0 Å². The van der Waals surface area contributed by atoms with Crippen molar-refractivity contribution in [3.8, 4) is 0 Å². The van der Waals surface area contributed by atoms with Crippen LogP contribution in [0.5, 0.6) is 0 Å². The quantitative estimate of drug-likeness (QED) is 0.767. The van der Waals surface area contributed by atoms with Crippen LogP contribution >= 0.6 is 0 Å². The Kier molecular flexibility index (Phi) is 4.30. The highest BCUT2D eigenvalue weighted by atomic mass is 32.2. The molecule has 0 spiro atoms. The molecular formula is C10H16F3NO3S. The largest absolute Gasteiger partial charge is 0.408 e. The van der Waals surface area contributed by atoms with Crippen LogP contribution in [-0.4, -0.2) is 50.0 Å². The molecule has 1 rings (SSSR count). The van der Waals surface area contributed by atoms with Gasteiger partial charge >= 0.3 is 6.18 Å². The van der Waals surface area contributed by atoms with Gasteiger partial charge in [-0.3, -0.25) is 4.79 Å². The van der Waals surface area contributed by atoms with Crippen molar-refractivity contribution in [2.75, 3.05) is 18.6 Å². The number of hydrogen-bond donors (Lipinski definition) is 0. The number of carbonyl (C=O) groups is 1. The zero-order valence-electron chi connectivity index (χ0n) is 10.2. The second kappa shape index (κ2) is 5.07. The van der Waals surface area contributed by atoms with E-state index < -0.39 is 33.9 Å². The SMILES string of the molecule is CC(N(C)C(=O)C1CCS(=O)(=O)CC1)C(F)(F)F. The van der Waals surface area contributed by atoms with Crippen LogP contribution in [0.15, 0.2) is 0 Å². The lowest BCUT2D eigenvalue weighted by molar-refractivity contribution is -0.184. The van der Waals surface area contributed by atoms with E-state index in [1.807, 2.05) is 0 Å². The van der Waals surface area contributed by atoms with Crippen LogP contribution in [0.1, 0.15) is 19.8 Å². The first kappa shape index (κ1) is 15.3. The van der Waals surface area contributed by atoms with Crippen LogP contribution in [0.2, 0.25) is 0 Å². The molecule has 1 fully saturated rings. The van der Waals surface area contributed by atoms with E-state index in [9.17, 15) is 26.4 Å². The van der Waals surface area contributed by atoms with Crippen LogP contribution in [0.4, 0.5) is 13.2 Å². The van der Waals surface area contributed by atoms with Gasteiger partial charge in [0.05, 0.1) is 11.5 Å². The molecule has 0 aromatic heterocycles. The molecule has 18 heavy (non-hydrogen) atoms. The third-order valence-corrected chi connectivity index (χ3v) is 5.02. The first-order valence-electron chi connectivity index (χ1n) is 5.58. The average Bonchev–Trinajstić information content (AvgIpc) is 2.25. The number of carbonyl (C=O) groups excluding carboxylic acids is 1. The summed E-state index contributed by atoms with van der Waals surface area (Å²) in [4.78, 5) is 12.5. The molecule has 1 aliphatic heterocycles. The molecule has 0 aromatic rings. The molecule has 1 saturated heterocycles. The fourth-order valence-corrected chi connectivity index (χ4v) is 3.33. The van der Waals surface area contributed by atoms with Gasteiger partial charge in [-0.15, -0.1) is 0 Å². The molecule has 8 heteroatoms. The second-order valence-electron chi connectivity index (χ2n) is 4.59. The maximum Gasteiger partial charge on any atom is 0.408 e.